The van der Waals surface area contributed by atoms with Crippen LogP contribution < -0.4 is 4.74 Å². The van der Waals surface area contributed by atoms with Gasteiger partial charge in [-0.05, 0) is 30.3 Å². The van der Waals surface area contributed by atoms with Crippen LogP contribution in [0.1, 0.15) is 17.2 Å². The Hall–Kier alpha value is -1.29. The molecule has 0 fully saturated rings. The molecule has 5 heteroatoms. The van der Waals surface area contributed by atoms with Crippen LogP contribution in [0.2, 0.25) is 10.0 Å². The van der Waals surface area contributed by atoms with Crippen LogP contribution in [0.5, 0.6) is 5.75 Å². The smallest absolute Gasteiger partial charge is 0.129 e. The van der Waals surface area contributed by atoms with Crippen molar-refractivity contribution in [3.8, 4) is 5.75 Å². The van der Waals surface area contributed by atoms with E-state index in [1.54, 1.807) is 18.2 Å². The molecule has 0 saturated heterocycles. The number of halogens is 3. The molecule has 0 spiro atoms. The van der Waals surface area contributed by atoms with E-state index in [0.717, 1.165) is 0 Å². The summed E-state index contributed by atoms with van der Waals surface area (Å²) in [6, 6.07) is 8.80. The van der Waals surface area contributed by atoms with E-state index in [9.17, 15) is 9.50 Å². The summed E-state index contributed by atoms with van der Waals surface area (Å²) >= 11 is 11.9. The first-order valence-electron chi connectivity index (χ1n) is 5.49. The SMILES string of the molecule is COc1ccc(C(O)c2cc(Cl)ccc2F)c(Cl)c1. The van der Waals surface area contributed by atoms with E-state index in [4.69, 9.17) is 27.9 Å². The van der Waals surface area contributed by atoms with Gasteiger partial charge in [0.05, 0.1) is 12.1 Å². The van der Waals surface area contributed by atoms with Gasteiger partial charge in [-0.2, -0.15) is 0 Å². The van der Waals surface area contributed by atoms with Crippen molar-refractivity contribution in [1.29, 1.82) is 0 Å². The zero-order chi connectivity index (χ0) is 14.0. The maximum Gasteiger partial charge on any atom is 0.129 e. The number of ether oxygens (including phenoxy) is 1. The molecule has 0 amide bonds. The first-order chi connectivity index (χ1) is 9.02. The second-order valence-corrected chi connectivity index (χ2v) is 4.80. The third-order valence-electron chi connectivity index (χ3n) is 2.75. The van der Waals surface area contributed by atoms with Gasteiger partial charge in [0.25, 0.3) is 0 Å². The van der Waals surface area contributed by atoms with E-state index >= 15 is 0 Å². The first kappa shape index (κ1) is 14.1. The standard InChI is InChI=1S/C14H11Cl2FO2/c1-19-9-3-4-10(12(16)7-9)14(18)11-6-8(15)2-5-13(11)17/h2-7,14,18H,1H3. The van der Waals surface area contributed by atoms with Crippen LogP contribution >= 0.6 is 23.2 Å². The molecular weight excluding hydrogens is 290 g/mol. The minimum absolute atomic E-state index is 0.0829. The van der Waals surface area contributed by atoms with Gasteiger partial charge in [0.15, 0.2) is 0 Å². The molecule has 2 rings (SSSR count). The molecule has 2 nitrogen and oxygen atoms in total. The lowest BCUT2D eigenvalue weighted by molar-refractivity contribution is 0.215. The molecule has 1 atom stereocenters. The average molecular weight is 301 g/mol. The van der Waals surface area contributed by atoms with E-state index in [0.29, 0.717) is 21.4 Å². The predicted molar refractivity (Wildman–Crippen MR) is 73.5 cm³/mol. The minimum Gasteiger partial charge on any atom is -0.497 e. The Balaban J connectivity index is 2.43. The zero-order valence-electron chi connectivity index (χ0n) is 10.0. The van der Waals surface area contributed by atoms with E-state index in [1.807, 2.05) is 0 Å². The predicted octanol–water partition coefficient (Wildman–Crippen LogP) is 4.22. The number of hydrogen-bond acceptors (Lipinski definition) is 2. The number of hydrogen-bond donors (Lipinski definition) is 1. The van der Waals surface area contributed by atoms with Gasteiger partial charge in [0.1, 0.15) is 17.7 Å². The minimum atomic E-state index is -1.18. The summed E-state index contributed by atoms with van der Waals surface area (Å²) in [4.78, 5) is 0. The highest BCUT2D eigenvalue weighted by Crippen LogP contribution is 2.33. The lowest BCUT2D eigenvalue weighted by Crippen LogP contribution is -2.03. The zero-order valence-corrected chi connectivity index (χ0v) is 11.5. The highest BCUT2D eigenvalue weighted by atomic mass is 35.5. The summed E-state index contributed by atoms with van der Waals surface area (Å²) in [5.74, 6) is 0.0244. The van der Waals surface area contributed by atoms with E-state index in [1.165, 1.54) is 25.3 Å². The Bertz CT molecular complexity index is 602. The molecule has 1 unspecified atom stereocenters. The van der Waals surface area contributed by atoms with Crippen LogP contribution in [0.3, 0.4) is 0 Å². The largest absolute Gasteiger partial charge is 0.497 e. The van der Waals surface area contributed by atoms with Gasteiger partial charge >= 0.3 is 0 Å². The molecular formula is C14H11Cl2FO2. The molecule has 0 heterocycles. The van der Waals surface area contributed by atoms with Crippen LogP contribution in [0.15, 0.2) is 36.4 Å². The van der Waals surface area contributed by atoms with Crippen LogP contribution in [-0.2, 0) is 0 Å². The summed E-state index contributed by atoms with van der Waals surface area (Å²) in [7, 11) is 1.51. The van der Waals surface area contributed by atoms with Gasteiger partial charge in [-0.3, -0.25) is 0 Å². The van der Waals surface area contributed by atoms with Crippen molar-refractivity contribution >= 4 is 23.2 Å². The molecule has 19 heavy (non-hydrogen) atoms. The Morgan fingerprint density at radius 1 is 1.11 bits per heavy atom. The maximum absolute atomic E-state index is 13.7. The fourth-order valence-electron chi connectivity index (χ4n) is 1.75. The van der Waals surface area contributed by atoms with Gasteiger partial charge in [0.2, 0.25) is 0 Å². The number of aliphatic hydroxyl groups excluding tert-OH is 1. The molecule has 0 radical (unpaired) electrons. The molecule has 0 aliphatic rings. The lowest BCUT2D eigenvalue weighted by Gasteiger charge is -2.15. The molecule has 1 N–H and O–H groups in total. The van der Waals surface area contributed by atoms with Crippen LogP contribution in [0, 0.1) is 5.82 Å². The number of rotatable bonds is 3. The molecule has 0 aromatic heterocycles. The fraction of sp³-hybridized carbons (Fsp3) is 0.143. The van der Waals surface area contributed by atoms with Crippen LogP contribution in [-0.4, -0.2) is 12.2 Å². The summed E-state index contributed by atoms with van der Waals surface area (Å²) in [6.07, 6.45) is -1.18. The summed E-state index contributed by atoms with van der Waals surface area (Å²) in [5.41, 5.74) is 0.475. The Labute approximate surface area is 120 Å². The summed E-state index contributed by atoms with van der Waals surface area (Å²) in [5, 5.41) is 10.9. The molecule has 0 aliphatic carbocycles. The topological polar surface area (TPSA) is 29.5 Å². The number of methoxy groups -OCH3 is 1. The molecule has 2 aromatic carbocycles. The van der Waals surface area contributed by atoms with Gasteiger partial charge in [-0.25, -0.2) is 4.39 Å². The lowest BCUT2D eigenvalue weighted by atomic mass is 10.0. The van der Waals surface area contributed by atoms with Gasteiger partial charge in [-0.15, -0.1) is 0 Å². The van der Waals surface area contributed by atoms with Crippen molar-refractivity contribution in [2.24, 2.45) is 0 Å². The Morgan fingerprint density at radius 3 is 2.47 bits per heavy atom. The highest BCUT2D eigenvalue weighted by Gasteiger charge is 2.18. The highest BCUT2D eigenvalue weighted by molar-refractivity contribution is 6.31. The van der Waals surface area contributed by atoms with Crippen molar-refractivity contribution in [3.63, 3.8) is 0 Å². The van der Waals surface area contributed by atoms with E-state index in [2.05, 4.69) is 0 Å². The Morgan fingerprint density at radius 2 is 1.84 bits per heavy atom. The molecule has 0 bridgehead atoms. The monoisotopic (exact) mass is 300 g/mol. The third-order valence-corrected chi connectivity index (χ3v) is 3.32. The van der Waals surface area contributed by atoms with Crippen LogP contribution in [0.25, 0.3) is 0 Å². The Kier molecular flexibility index (Phi) is 4.30. The van der Waals surface area contributed by atoms with Crippen molar-refractivity contribution in [1.82, 2.24) is 0 Å². The quantitative estimate of drug-likeness (QED) is 0.919. The average Bonchev–Trinajstić information content (AvgIpc) is 2.40. The van der Waals surface area contributed by atoms with Gasteiger partial charge in [0, 0.05) is 16.1 Å². The van der Waals surface area contributed by atoms with Gasteiger partial charge < -0.3 is 9.84 Å². The van der Waals surface area contributed by atoms with E-state index < -0.39 is 11.9 Å². The van der Waals surface area contributed by atoms with Crippen molar-refractivity contribution in [3.05, 3.63) is 63.4 Å². The summed E-state index contributed by atoms with van der Waals surface area (Å²) < 4.78 is 18.7. The number of benzene rings is 2. The molecule has 0 saturated carbocycles. The second kappa shape index (κ2) is 5.78. The third kappa shape index (κ3) is 3.00. The summed E-state index contributed by atoms with van der Waals surface area (Å²) in [6.45, 7) is 0. The van der Waals surface area contributed by atoms with Gasteiger partial charge in [-0.1, -0.05) is 29.3 Å². The normalized spacial score (nSPS) is 12.3. The molecule has 0 aliphatic heterocycles. The van der Waals surface area contributed by atoms with Crippen molar-refractivity contribution in [2.45, 2.75) is 6.10 Å². The van der Waals surface area contributed by atoms with Crippen LogP contribution in [0.4, 0.5) is 4.39 Å². The van der Waals surface area contributed by atoms with Crippen molar-refractivity contribution < 1.29 is 14.2 Å². The number of aliphatic hydroxyl groups is 1. The maximum atomic E-state index is 13.7. The first-order valence-corrected chi connectivity index (χ1v) is 6.25. The fourth-order valence-corrected chi connectivity index (χ4v) is 2.20. The molecule has 2 aromatic rings. The van der Waals surface area contributed by atoms with E-state index in [-0.39, 0.29) is 5.56 Å². The van der Waals surface area contributed by atoms with Crippen molar-refractivity contribution in [2.75, 3.05) is 7.11 Å². The second-order valence-electron chi connectivity index (χ2n) is 3.96. The molecule has 100 valence electrons.